The molecule has 0 radical (unpaired) electrons. The van der Waals surface area contributed by atoms with E-state index in [0.717, 1.165) is 6.42 Å². The van der Waals surface area contributed by atoms with Gasteiger partial charge in [0.05, 0.1) is 5.92 Å². The number of carbonyl (C=O) groups is 3. The van der Waals surface area contributed by atoms with Crippen molar-refractivity contribution in [2.75, 3.05) is 18.4 Å². The zero-order valence-electron chi connectivity index (χ0n) is 14.9. The summed E-state index contributed by atoms with van der Waals surface area (Å²) < 4.78 is 0. The van der Waals surface area contributed by atoms with Gasteiger partial charge in [-0.15, -0.1) is 0 Å². The molecule has 0 saturated carbocycles. The summed E-state index contributed by atoms with van der Waals surface area (Å²) in [5.74, 6) is -1.04. The highest BCUT2D eigenvalue weighted by Crippen LogP contribution is 2.18. The molecule has 7 heteroatoms. The molecular formula is C20H22N4O3. The highest BCUT2D eigenvalue weighted by atomic mass is 16.2. The molecule has 1 heterocycles. The highest BCUT2D eigenvalue weighted by molar-refractivity contribution is 5.95. The smallest absolute Gasteiger partial charge is 0.321 e. The second-order valence-electron chi connectivity index (χ2n) is 6.39. The predicted octanol–water partition coefficient (Wildman–Crippen LogP) is 2.39. The molecule has 1 saturated heterocycles. The Morgan fingerprint density at radius 2 is 1.56 bits per heavy atom. The van der Waals surface area contributed by atoms with Crippen LogP contribution in [0.25, 0.3) is 0 Å². The number of anilines is 1. The van der Waals surface area contributed by atoms with E-state index in [-0.39, 0.29) is 23.8 Å². The summed E-state index contributed by atoms with van der Waals surface area (Å²) in [5, 5.41) is 2.83. The van der Waals surface area contributed by atoms with Gasteiger partial charge in [0.1, 0.15) is 0 Å². The summed E-state index contributed by atoms with van der Waals surface area (Å²) in [6.45, 7) is 0.907. The lowest BCUT2D eigenvalue weighted by atomic mass is 9.98. The maximum absolute atomic E-state index is 12.4. The molecule has 3 rings (SSSR count). The van der Waals surface area contributed by atoms with E-state index in [1.54, 1.807) is 29.2 Å². The van der Waals surface area contributed by atoms with Crippen molar-refractivity contribution in [1.82, 2.24) is 15.8 Å². The molecule has 2 aromatic carbocycles. The Kier molecular flexibility index (Phi) is 6.04. The Balaban J connectivity index is 1.50. The normalized spacial score (nSPS) is 16.3. The number of nitrogens with zero attached hydrogens (tertiary/aromatic N) is 1. The SMILES string of the molecule is O=C(NNC(=O)[C@@H]1CCCN(C(=O)Nc2ccccc2)C1)c1ccccc1. The number of likely N-dealkylation sites (tertiary alicyclic amines) is 1. The number of nitrogens with one attached hydrogen (secondary N) is 3. The van der Waals surface area contributed by atoms with Crippen molar-refractivity contribution in [3.63, 3.8) is 0 Å². The molecule has 1 fully saturated rings. The van der Waals surface area contributed by atoms with Crippen LogP contribution in [0.3, 0.4) is 0 Å². The van der Waals surface area contributed by atoms with E-state index >= 15 is 0 Å². The zero-order chi connectivity index (χ0) is 19.1. The van der Waals surface area contributed by atoms with Gasteiger partial charge in [-0.1, -0.05) is 36.4 Å². The third-order valence-corrected chi connectivity index (χ3v) is 4.44. The minimum atomic E-state index is -0.376. The molecule has 0 aliphatic carbocycles. The first-order valence-electron chi connectivity index (χ1n) is 8.89. The van der Waals surface area contributed by atoms with Gasteiger partial charge < -0.3 is 10.2 Å². The monoisotopic (exact) mass is 366 g/mol. The molecule has 1 atom stereocenters. The second kappa shape index (κ2) is 8.84. The van der Waals surface area contributed by atoms with Crippen molar-refractivity contribution >= 4 is 23.5 Å². The quantitative estimate of drug-likeness (QED) is 0.729. The summed E-state index contributed by atoms with van der Waals surface area (Å²) in [7, 11) is 0. The van der Waals surface area contributed by atoms with Crippen molar-refractivity contribution in [2.45, 2.75) is 12.8 Å². The van der Waals surface area contributed by atoms with Crippen LogP contribution in [0, 0.1) is 5.92 Å². The van der Waals surface area contributed by atoms with Crippen molar-refractivity contribution in [3.05, 3.63) is 66.2 Å². The third kappa shape index (κ3) is 5.07. The summed E-state index contributed by atoms with van der Waals surface area (Å²) >= 11 is 0. The lowest BCUT2D eigenvalue weighted by Gasteiger charge is -2.32. The lowest BCUT2D eigenvalue weighted by molar-refractivity contribution is -0.127. The number of hydrogen-bond acceptors (Lipinski definition) is 3. The summed E-state index contributed by atoms with van der Waals surface area (Å²) in [4.78, 5) is 38.4. The van der Waals surface area contributed by atoms with Crippen LogP contribution in [-0.2, 0) is 4.79 Å². The first kappa shape index (κ1) is 18.4. The number of amides is 4. The first-order chi connectivity index (χ1) is 13.1. The van der Waals surface area contributed by atoms with Crippen LogP contribution in [-0.4, -0.2) is 35.8 Å². The fourth-order valence-electron chi connectivity index (χ4n) is 2.98. The zero-order valence-corrected chi connectivity index (χ0v) is 14.9. The molecule has 2 aromatic rings. The number of benzene rings is 2. The number of hydrogen-bond donors (Lipinski definition) is 3. The van der Waals surface area contributed by atoms with E-state index in [1.807, 2.05) is 36.4 Å². The number of urea groups is 1. The molecule has 1 aliphatic rings. The number of carbonyl (C=O) groups excluding carboxylic acids is 3. The minimum Gasteiger partial charge on any atom is -0.324 e. The average Bonchev–Trinajstić information content (AvgIpc) is 2.73. The van der Waals surface area contributed by atoms with Crippen LogP contribution >= 0.6 is 0 Å². The van der Waals surface area contributed by atoms with Crippen LogP contribution in [0.4, 0.5) is 10.5 Å². The molecule has 7 nitrogen and oxygen atoms in total. The molecule has 140 valence electrons. The Labute approximate surface area is 157 Å². The fraction of sp³-hybridized carbons (Fsp3) is 0.250. The van der Waals surface area contributed by atoms with E-state index in [9.17, 15) is 14.4 Å². The minimum absolute atomic E-state index is 0.230. The summed E-state index contributed by atoms with van der Waals surface area (Å²) in [6.07, 6.45) is 1.40. The Bertz CT molecular complexity index is 795. The summed E-state index contributed by atoms with van der Waals surface area (Å²) in [5.41, 5.74) is 6.06. The number of para-hydroxylation sites is 1. The van der Waals surface area contributed by atoms with Gasteiger partial charge in [-0.3, -0.25) is 20.4 Å². The average molecular weight is 366 g/mol. The van der Waals surface area contributed by atoms with Crippen LogP contribution in [0.15, 0.2) is 60.7 Å². The maximum atomic E-state index is 12.4. The van der Waals surface area contributed by atoms with E-state index < -0.39 is 0 Å². The van der Waals surface area contributed by atoms with Crippen LogP contribution in [0.2, 0.25) is 0 Å². The van der Waals surface area contributed by atoms with Gasteiger partial charge >= 0.3 is 6.03 Å². The van der Waals surface area contributed by atoms with E-state index in [2.05, 4.69) is 16.2 Å². The van der Waals surface area contributed by atoms with Crippen LogP contribution in [0.5, 0.6) is 0 Å². The van der Waals surface area contributed by atoms with Crippen molar-refractivity contribution < 1.29 is 14.4 Å². The topological polar surface area (TPSA) is 90.5 Å². The molecule has 0 bridgehead atoms. The van der Waals surface area contributed by atoms with E-state index in [0.29, 0.717) is 30.8 Å². The number of piperidine rings is 1. The summed E-state index contributed by atoms with van der Waals surface area (Å²) in [6, 6.07) is 17.6. The lowest BCUT2D eigenvalue weighted by Crippen LogP contribution is -2.50. The molecule has 3 N–H and O–H groups in total. The largest absolute Gasteiger partial charge is 0.324 e. The van der Waals surface area contributed by atoms with Gasteiger partial charge in [-0.2, -0.15) is 0 Å². The van der Waals surface area contributed by atoms with Crippen LogP contribution in [0.1, 0.15) is 23.2 Å². The maximum Gasteiger partial charge on any atom is 0.321 e. The molecule has 27 heavy (non-hydrogen) atoms. The van der Waals surface area contributed by atoms with Gasteiger partial charge in [0.15, 0.2) is 0 Å². The van der Waals surface area contributed by atoms with E-state index in [1.165, 1.54) is 0 Å². The van der Waals surface area contributed by atoms with Gasteiger partial charge in [0.25, 0.3) is 5.91 Å². The van der Waals surface area contributed by atoms with Gasteiger partial charge in [0.2, 0.25) is 5.91 Å². The van der Waals surface area contributed by atoms with Gasteiger partial charge in [0, 0.05) is 24.3 Å². The molecule has 0 aromatic heterocycles. The van der Waals surface area contributed by atoms with Crippen LogP contribution < -0.4 is 16.2 Å². The number of rotatable bonds is 3. The molecule has 1 aliphatic heterocycles. The fourth-order valence-corrected chi connectivity index (χ4v) is 2.98. The van der Waals surface area contributed by atoms with Crippen molar-refractivity contribution in [2.24, 2.45) is 5.92 Å². The first-order valence-corrected chi connectivity index (χ1v) is 8.89. The van der Waals surface area contributed by atoms with Crippen molar-refractivity contribution in [3.8, 4) is 0 Å². The molecule has 0 unspecified atom stereocenters. The standard InChI is InChI=1S/C20H22N4O3/c25-18(15-8-3-1-4-9-15)22-23-19(26)16-10-7-13-24(14-16)20(27)21-17-11-5-2-6-12-17/h1-6,8-9,11-12,16H,7,10,13-14H2,(H,21,27)(H,22,25)(H,23,26)/t16-/m1/s1. The van der Waals surface area contributed by atoms with E-state index in [4.69, 9.17) is 0 Å². The van der Waals surface area contributed by atoms with Crippen molar-refractivity contribution in [1.29, 1.82) is 0 Å². The second-order valence-corrected chi connectivity index (χ2v) is 6.39. The molecule has 4 amide bonds. The Morgan fingerprint density at radius 3 is 2.26 bits per heavy atom. The molecular weight excluding hydrogens is 344 g/mol. The molecule has 0 spiro atoms. The third-order valence-electron chi connectivity index (χ3n) is 4.44. The highest BCUT2D eigenvalue weighted by Gasteiger charge is 2.28. The Hall–Kier alpha value is -3.35. The Morgan fingerprint density at radius 1 is 0.889 bits per heavy atom. The number of hydrazine groups is 1. The van der Waals surface area contributed by atoms with Gasteiger partial charge in [-0.25, -0.2) is 4.79 Å². The predicted molar refractivity (Wildman–Crippen MR) is 102 cm³/mol. The van der Waals surface area contributed by atoms with Gasteiger partial charge in [-0.05, 0) is 37.1 Å².